The standard InChI is InChI=1S/C15H22N2O2.ClH/c1-15(7-4-8-16-11-15)14(19)17-9-12-5-2-3-6-13(12)10-18;/h2-3,5-6,16,18H,4,7-11H2,1H3,(H,17,19);1H. The van der Waals surface area contributed by atoms with Gasteiger partial charge in [-0.3, -0.25) is 4.79 Å². The highest BCUT2D eigenvalue weighted by molar-refractivity contribution is 5.85. The lowest BCUT2D eigenvalue weighted by Crippen LogP contribution is -2.48. The number of rotatable bonds is 4. The average molecular weight is 299 g/mol. The lowest BCUT2D eigenvalue weighted by molar-refractivity contribution is -0.131. The van der Waals surface area contributed by atoms with Gasteiger partial charge in [0.15, 0.2) is 0 Å². The maximum atomic E-state index is 12.3. The van der Waals surface area contributed by atoms with E-state index in [1.165, 1.54) is 0 Å². The summed E-state index contributed by atoms with van der Waals surface area (Å²) in [6, 6.07) is 7.63. The molecule has 1 amide bonds. The Labute approximate surface area is 126 Å². The number of aliphatic hydroxyl groups is 1. The fourth-order valence-corrected chi connectivity index (χ4v) is 2.52. The van der Waals surface area contributed by atoms with Crippen LogP contribution in [0.4, 0.5) is 0 Å². The van der Waals surface area contributed by atoms with E-state index in [4.69, 9.17) is 0 Å². The number of carbonyl (C=O) groups excluding carboxylic acids is 1. The first-order valence-corrected chi connectivity index (χ1v) is 6.82. The minimum absolute atomic E-state index is 0. The van der Waals surface area contributed by atoms with Crippen LogP contribution in [0, 0.1) is 5.41 Å². The summed E-state index contributed by atoms with van der Waals surface area (Å²) in [5.74, 6) is 0.0902. The Bertz CT molecular complexity index is 445. The second kappa shape index (κ2) is 7.62. The second-order valence-corrected chi connectivity index (χ2v) is 5.45. The molecule has 0 radical (unpaired) electrons. The number of carbonyl (C=O) groups is 1. The molecule has 0 bridgehead atoms. The van der Waals surface area contributed by atoms with Crippen LogP contribution < -0.4 is 10.6 Å². The molecule has 0 aliphatic carbocycles. The monoisotopic (exact) mass is 298 g/mol. The summed E-state index contributed by atoms with van der Waals surface area (Å²) in [7, 11) is 0. The van der Waals surface area contributed by atoms with Crippen molar-refractivity contribution in [2.75, 3.05) is 13.1 Å². The van der Waals surface area contributed by atoms with E-state index in [1.807, 2.05) is 31.2 Å². The van der Waals surface area contributed by atoms with Gasteiger partial charge < -0.3 is 15.7 Å². The normalized spacial score (nSPS) is 21.9. The lowest BCUT2D eigenvalue weighted by Gasteiger charge is -2.32. The van der Waals surface area contributed by atoms with Gasteiger partial charge in [0.1, 0.15) is 0 Å². The number of benzene rings is 1. The van der Waals surface area contributed by atoms with Gasteiger partial charge in [0.2, 0.25) is 5.91 Å². The van der Waals surface area contributed by atoms with Gasteiger partial charge in [0.05, 0.1) is 12.0 Å². The van der Waals surface area contributed by atoms with E-state index in [1.54, 1.807) is 0 Å². The van der Waals surface area contributed by atoms with Crippen LogP contribution in [0.25, 0.3) is 0 Å². The van der Waals surface area contributed by atoms with E-state index < -0.39 is 0 Å². The molecule has 1 heterocycles. The van der Waals surface area contributed by atoms with Gasteiger partial charge in [0, 0.05) is 13.1 Å². The number of halogens is 1. The number of hydrogen-bond donors (Lipinski definition) is 3. The first-order valence-electron chi connectivity index (χ1n) is 6.82. The zero-order chi connectivity index (χ0) is 13.7. The minimum atomic E-state index is -0.313. The van der Waals surface area contributed by atoms with E-state index in [2.05, 4.69) is 10.6 Å². The maximum Gasteiger partial charge on any atom is 0.227 e. The van der Waals surface area contributed by atoms with Crippen LogP contribution >= 0.6 is 12.4 Å². The summed E-state index contributed by atoms with van der Waals surface area (Å²) in [4.78, 5) is 12.3. The Morgan fingerprint density at radius 3 is 2.70 bits per heavy atom. The van der Waals surface area contributed by atoms with E-state index in [0.29, 0.717) is 6.54 Å². The van der Waals surface area contributed by atoms with Gasteiger partial charge in [-0.2, -0.15) is 0 Å². The molecule has 4 nitrogen and oxygen atoms in total. The van der Waals surface area contributed by atoms with Crippen molar-refractivity contribution < 1.29 is 9.90 Å². The summed E-state index contributed by atoms with van der Waals surface area (Å²) in [6.45, 7) is 4.22. The van der Waals surface area contributed by atoms with Crippen LogP contribution in [0.1, 0.15) is 30.9 Å². The Morgan fingerprint density at radius 1 is 1.40 bits per heavy atom. The van der Waals surface area contributed by atoms with Gasteiger partial charge >= 0.3 is 0 Å². The third-order valence-electron chi connectivity index (χ3n) is 3.87. The molecule has 1 atom stereocenters. The third-order valence-corrected chi connectivity index (χ3v) is 3.87. The SMILES string of the molecule is CC1(C(=O)NCc2ccccc2CO)CCCNC1.Cl. The number of piperidine rings is 1. The maximum absolute atomic E-state index is 12.3. The first kappa shape index (κ1) is 17.0. The fraction of sp³-hybridized carbons (Fsp3) is 0.533. The Hall–Kier alpha value is -1.10. The van der Waals surface area contributed by atoms with Gasteiger partial charge in [-0.1, -0.05) is 24.3 Å². The highest BCUT2D eigenvalue weighted by Crippen LogP contribution is 2.25. The quantitative estimate of drug-likeness (QED) is 0.791. The smallest absolute Gasteiger partial charge is 0.227 e. The summed E-state index contributed by atoms with van der Waals surface area (Å²) in [6.07, 6.45) is 1.96. The summed E-state index contributed by atoms with van der Waals surface area (Å²) in [5, 5.41) is 15.5. The fourth-order valence-electron chi connectivity index (χ4n) is 2.52. The Balaban J connectivity index is 0.00000200. The molecule has 1 aliphatic rings. The second-order valence-electron chi connectivity index (χ2n) is 5.45. The van der Waals surface area contributed by atoms with Gasteiger partial charge in [-0.25, -0.2) is 0 Å². The zero-order valence-electron chi connectivity index (χ0n) is 11.8. The zero-order valence-corrected chi connectivity index (χ0v) is 12.6. The van der Waals surface area contributed by atoms with E-state index in [-0.39, 0.29) is 30.3 Å². The third kappa shape index (κ3) is 3.95. The molecule has 1 fully saturated rings. The largest absolute Gasteiger partial charge is 0.392 e. The van der Waals surface area contributed by atoms with Crippen LogP contribution in [0.15, 0.2) is 24.3 Å². The van der Waals surface area contributed by atoms with Crippen molar-refractivity contribution in [3.05, 3.63) is 35.4 Å². The molecule has 0 saturated carbocycles. The summed E-state index contributed by atoms with van der Waals surface area (Å²) >= 11 is 0. The molecule has 20 heavy (non-hydrogen) atoms. The number of aliphatic hydroxyl groups excluding tert-OH is 1. The van der Waals surface area contributed by atoms with Gasteiger partial charge in [0.25, 0.3) is 0 Å². The van der Waals surface area contributed by atoms with Gasteiger partial charge in [-0.05, 0) is 37.4 Å². The molecule has 3 N–H and O–H groups in total. The van der Waals surface area contributed by atoms with Crippen LogP contribution in [0.2, 0.25) is 0 Å². The van der Waals surface area contributed by atoms with Crippen LogP contribution in [-0.2, 0) is 17.9 Å². The molecule has 2 rings (SSSR count). The minimum Gasteiger partial charge on any atom is -0.392 e. The highest BCUT2D eigenvalue weighted by atomic mass is 35.5. The van der Waals surface area contributed by atoms with Gasteiger partial charge in [-0.15, -0.1) is 12.4 Å². The van der Waals surface area contributed by atoms with E-state index >= 15 is 0 Å². The van der Waals surface area contributed by atoms with E-state index in [0.717, 1.165) is 37.1 Å². The average Bonchev–Trinajstić information content (AvgIpc) is 2.45. The van der Waals surface area contributed by atoms with Crippen LogP contribution in [0.3, 0.4) is 0 Å². The molecule has 1 unspecified atom stereocenters. The molecule has 0 aromatic heterocycles. The van der Waals surface area contributed by atoms with Crippen molar-refractivity contribution in [2.24, 2.45) is 5.41 Å². The molecule has 0 spiro atoms. The Morgan fingerprint density at radius 2 is 2.10 bits per heavy atom. The first-order chi connectivity index (χ1) is 9.15. The van der Waals surface area contributed by atoms with Crippen molar-refractivity contribution in [1.82, 2.24) is 10.6 Å². The topological polar surface area (TPSA) is 61.4 Å². The molecule has 1 aromatic rings. The number of nitrogens with one attached hydrogen (secondary N) is 2. The van der Waals surface area contributed by atoms with Crippen molar-refractivity contribution >= 4 is 18.3 Å². The molecule has 1 saturated heterocycles. The Kier molecular flexibility index (Phi) is 6.46. The molecule has 112 valence electrons. The molecular weight excluding hydrogens is 276 g/mol. The predicted octanol–water partition coefficient (Wildman–Crippen LogP) is 1.61. The highest BCUT2D eigenvalue weighted by Gasteiger charge is 2.34. The molecule has 1 aromatic carbocycles. The molecular formula is C15H23ClN2O2. The van der Waals surface area contributed by atoms with Crippen molar-refractivity contribution in [1.29, 1.82) is 0 Å². The van der Waals surface area contributed by atoms with Crippen LogP contribution in [0.5, 0.6) is 0 Å². The lowest BCUT2D eigenvalue weighted by atomic mass is 9.82. The number of amides is 1. The van der Waals surface area contributed by atoms with Crippen molar-refractivity contribution in [2.45, 2.75) is 32.9 Å². The van der Waals surface area contributed by atoms with Crippen LogP contribution in [-0.4, -0.2) is 24.1 Å². The predicted molar refractivity (Wildman–Crippen MR) is 81.7 cm³/mol. The molecule has 5 heteroatoms. The van der Waals surface area contributed by atoms with Crippen molar-refractivity contribution in [3.8, 4) is 0 Å². The summed E-state index contributed by atoms with van der Waals surface area (Å²) < 4.78 is 0. The van der Waals surface area contributed by atoms with Crippen molar-refractivity contribution in [3.63, 3.8) is 0 Å². The number of hydrogen-bond acceptors (Lipinski definition) is 3. The molecule has 1 aliphatic heterocycles. The summed E-state index contributed by atoms with van der Waals surface area (Å²) in [5.41, 5.74) is 1.53. The van der Waals surface area contributed by atoms with E-state index in [9.17, 15) is 9.90 Å².